The SMILES string of the molecule is Cc1[nH]c(=O)[nH]c(=O)c1CC(=O)Nc1cc(F)cc(N2CCCC2)c1. The third-order valence-corrected chi connectivity index (χ3v) is 4.23. The number of aromatic nitrogens is 2. The highest BCUT2D eigenvalue weighted by atomic mass is 19.1. The first-order valence-electron chi connectivity index (χ1n) is 8.10. The van der Waals surface area contributed by atoms with E-state index in [4.69, 9.17) is 0 Å². The maximum absolute atomic E-state index is 13.9. The highest BCUT2D eigenvalue weighted by molar-refractivity contribution is 5.92. The molecule has 0 unspecified atom stereocenters. The first kappa shape index (κ1) is 16.9. The number of rotatable bonds is 4. The van der Waals surface area contributed by atoms with Gasteiger partial charge in [0.25, 0.3) is 5.56 Å². The van der Waals surface area contributed by atoms with E-state index in [1.807, 2.05) is 0 Å². The highest BCUT2D eigenvalue weighted by Gasteiger charge is 2.16. The molecule has 0 aliphatic carbocycles. The predicted molar refractivity (Wildman–Crippen MR) is 92.6 cm³/mol. The lowest BCUT2D eigenvalue weighted by atomic mass is 10.1. The monoisotopic (exact) mass is 346 g/mol. The topological polar surface area (TPSA) is 98.1 Å². The molecule has 0 radical (unpaired) electrons. The van der Waals surface area contributed by atoms with Gasteiger partial charge in [0, 0.05) is 35.7 Å². The van der Waals surface area contributed by atoms with Crippen LogP contribution in [-0.2, 0) is 11.2 Å². The van der Waals surface area contributed by atoms with Gasteiger partial charge in [-0.3, -0.25) is 14.6 Å². The number of H-pyrrole nitrogens is 2. The molecule has 0 spiro atoms. The van der Waals surface area contributed by atoms with Crippen LogP contribution < -0.4 is 21.5 Å². The number of hydrogen-bond donors (Lipinski definition) is 3. The molecule has 8 heteroatoms. The van der Waals surface area contributed by atoms with Gasteiger partial charge >= 0.3 is 5.69 Å². The Bertz CT molecular complexity index is 913. The number of aromatic amines is 2. The third-order valence-electron chi connectivity index (χ3n) is 4.23. The van der Waals surface area contributed by atoms with E-state index in [2.05, 4.69) is 20.2 Å². The van der Waals surface area contributed by atoms with Gasteiger partial charge in [0.2, 0.25) is 5.91 Å². The fourth-order valence-corrected chi connectivity index (χ4v) is 3.01. The molecule has 1 aromatic carbocycles. The lowest BCUT2D eigenvalue weighted by molar-refractivity contribution is -0.115. The van der Waals surface area contributed by atoms with E-state index in [-0.39, 0.29) is 12.0 Å². The van der Waals surface area contributed by atoms with Crippen LogP contribution >= 0.6 is 0 Å². The molecule has 3 N–H and O–H groups in total. The Morgan fingerprint density at radius 2 is 1.92 bits per heavy atom. The summed E-state index contributed by atoms with van der Waals surface area (Å²) in [6.07, 6.45) is 1.91. The number of carbonyl (C=O) groups excluding carboxylic acids is 1. The molecule has 1 aliphatic heterocycles. The smallest absolute Gasteiger partial charge is 0.325 e. The standard InChI is InChI=1S/C17H19FN4O3/c1-10-14(16(24)21-17(25)19-10)9-15(23)20-12-6-11(18)7-13(8-12)22-4-2-3-5-22/h6-8H,2-5,9H2,1H3,(H,20,23)(H2,19,21,24,25). The Hall–Kier alpha value is -2.90. The number of nitrogens with one attached hydrogen (secondary N) is 3. The Balaban J connectivity index is 1.77. The van der Waals surface area contributed by atoms with Gasteiger partial charge in [-0.2, -0.15) is 0 Å². The Morgan fingerprint density at radius 3 is 2.60 bits per heavy atom. The maximum atomic E-state index is 13.9. The Morgan fingerprint density at radius 1 is 1.20 bits per heavy atom. The van der Waals surface area contributed by atoms with E-state index in [0.29, 0.717) is 11.4 Å². The van der Waals surface area contributed by atoms with Gasteiger partial charge in [-0.05, 0) is 38.0 Å². The summed E-state index contributed by atoms with van der Waals surface area (Å²) in [4.78, 5) is 41.8. The van der Waals surface area contributed by atoms with Crippen LogP contribution in [0, 0.1) is 12.7 Å². The number of amides is 1. The number of anilines is 2. The molecular weight excluding hydrogens is 327 g/mol. The lowest BCUT2D eigenvalue weighted by Gasteiger charge is -2.18. The number of carbonyl (C=O) groups is 1. The second kappa shape index (κ2) is 6.92. The van der Waals surface area contributed by atoms with Crippen molar-refractivity contribution in [2.24, 2.45) is 0 Å². The van der Waals surface area contributed by atoms with E-state index in [1.54, 1.807) is 13.0 Å². The van der Waals surface area contributed by atoms with E-state index < -0.39 is 23.0 Å². The number of aryl methyl sites for hydroxylation is 1. The van der Waals surface area contributed by atoms with Crippen molar-refractivity contribution in [1.29, 1.82) is 0 Å². The van der Waals surface area contributed by atoms with Crippen molar-refractivity contribution >= 4 is 17.3 Å². The Labute approximate surface area is 142 Å². The lowest BCUT2D eigenvalue weighted by Crippen LogP contribution is -2.29. The van der Waals surface area contributed by atoms with Crippen molar-refractivity contribution < 1.29 is 9.18 Å². The fourth-order valence-electron chi connectivity index (χ4n) is 3.01. The molecule has 0 saturated carbocycles. The van der Waals surface area contributed by atoms with Crippen molar-refractivity contribution in [2.75, 3.05) is 23.3 Å². The third kappa shape index (κ3) is 3.96. The molecule has 7 nitrogen and oxygen atoms in total. The van der Waals surface area contributed by atoms with Gasteiger partial charge in [0.05, 0.1) is 6.42 Å². The van der Waals surface area contributed by atoms with Crippen molar-refractivity contribution in [2.45, 2.75) is 26.2 Å². The molecule has 1 aliphatic rings. The molecule has 3 rings (SSSR count). The molecule has 2 heterocycles. The van der Waals surface area contributed by atoms with Gasteiger partial charge in [-0.1, -0.05) is 0 Å². The van der Waals surface area contributed by atoms with Crippen LogP contribution in [0.15, 0.2) is 27.8 Å². The second-order valence-corrected chi connectivity index (χ2v) is 6.13. The zero-order chi connectivity index (χ0) is 18.0. The van der Waals surface area contributed by atoms with Crippen molar-refractivity contribution in [1.82, 2.24) is 9.97 Å². The van der Waals surface area contributed by atoms with Crippen LogP contribution in [0.2, 0.25) is 0 Å². The summed E-state index contributed by atoms with van der Waals surface area (Å²) in [7, 11) is 0. The number of halogens is 1. The van der Waals surface area contributed by atoms with Crippen LogP contribution in [-0.4, -0.2) is 29.0 Å². The van der Waals surface area contributed by atoms with Crippen LogP contribution in [0.1, 0.15) is 24.1 Å². The minimum absolute atomic E-state index is 0.174. The summed E-state index contributed by atoms with van der Waals surface area (Å²) >= 11 is 0. The van der Waals surface area contributed by atoms with Crippen LogP contribution in [0.25, 0.3) is 0 Å². The fraction of sp³-hybridized carbons (Fsp3) is 0.353. The normalized spacial score (nSPS) is 13.9. The average molecular weight is 346 g/mol. The molecule has 0 atom stereocenters. The molecular formula is C17H19FN4O3. The van der Waals surface area contributed by atoms with E-state index in [1.165, 1.54) is 12.1 Å². The maximum Gasteiger partial charge on any atom is 0.325 e. The summed E-state index contributed by atoms with van der Waals surface area (Å²) in [5.41, 5.74) is 0.353. The number of benzene rings is 1. The predicted octanol–water partition coefficient (Wildman–Crippen LogP) is 1.29. The molecule has 2 aromatic rings. The molecule has 1 aromatic heterocycles. The molecule has 25 heavy (non-hydrogen) atoms. The molecule has 1 saturated heterocycles. The van der Waals surface area contributed by atoms with Crippen LogP contribution in [0.3, 0.4) is 0 Å². The summed E-state index contributed by atoms with van der Waals surface area (Å²) in [5, 5.41) is 2.61. The van der Waals surface area contributed by atoms with Gasteiger partial charge in [0.1, 0.15) is 5.82 Å². The summed E-state index contributed by atoms with van der Waals surface area (Å²) < 4.78 is 13.9. The molecule has 132 valence electrons. The van der Waals surface area contributed by atoms with Gasteiger partial charge in [-0.25, -0.2) is 9.18 Å². The van der Waals surface area contributed by atoms with E-state index in [9.17, 15) is 18.8 Å². The molecule has 0 bridgehead atoms. The molecule has 1 amide bonds. The number of nitrogens with zero attached hydrogens (tertiary/aromatic N) is 1. The summed E-state index contributed by atoms with van der Waals surface area (Å²) in [6, 6.07) is 4.40. The first-order chi connectivity index (χ1) is 11.9. The van der Waals surface area contributed by atoms with Crippen LogP contribution in [0.4, 0.5) is 15.8 Å². The minimum atomic E-state index is -0.618. The van der Waals surface area contributed by atoms with Gasteiger partial charge < -0.3 is 15.2 Å². The molecule has 1 fully saturated rings. The van der Waals surface area contributed by atoms with E-state index >= 15 is 0 Å². The minimum Gasteiger partial charge on any atom is -0.371 e. The van der Waals surface area contributed by atoms with E-state index in [0.717, 1.165) is 31.6 Å². The summed E-state index contributed by atoms with van der Waals surface area (Å²) in [5.74, 6) is -0.892. The number of hydrogen-bond acceptors (Lipinski definition) is 4. The average Bonchev–Trinajstić information content (AvgIpc) is 3.04. The second-order valence-electron chi connectivity index (χ2n) is 6.13. The Kier molecular flexibility index (Phi) is 4.69. The van der Waals surface area contributed by atoms with Crippen molar-refractivity contribution in [3.05, 3.63) is 56.1 Å². The largest absolute Gasteiger partial charge is 0.371 e. The summed E-state index contributed by atoms with van der Waals surface area (Å²) in [6.45, 7) is 3.28. The highest BCUT2D eigenvalue weighted by Crippen LogP contribution is 2.25. The quantitative estimate of drug-likeness (QED) is 0.777. The van der Waals surface area contributed by atoms with Crippen molar-refractivity contribution in [3.63, 3.8) is 0 Å². The van der Waals surface area contributed by atoms with Crippen molar-refractivity contribution in [3.8, 4) is 0 Å². The van der Waals surface area contributed by atoms with Gasteiger partial charge in [-0.15, -0.1) is 0 Å². The zero-order valence-corrected chi connectivity index (χ0v) is 13.8. The van der Waals surface area contributed by atoms with Crippen LogP contribution in [0.5, 0.6) is 0 Å². The van der Waals surface area contributed by atoms with Gasteiger partial charge in [0.15, 0.2) is 0 Å². The first-order valence-corrected chi connectivity index (χ1v) is 8.10. The zero-order valence-electron chi connectivity index (χ0n) is 13.8.